The first kappa shape index (κ1) is 28.4. The van der Waals surface area contributed by atoms with Crippen LogP contribution in [0.2, 0.25) is 0 Å². The molecule has 20 heteroatoms. The Labute approximate surface area is 164 Å². The fourth-order valence-corrected chi connectivity index (χ4v) is 3.32. The van der Waals surface area contributed by atoms with Crippen LogP contribution in [-0.4, -0.2) is 36.9 Å². The predicted molar refractivity (Wildman–Crippen MR) is 66.8 cm³/mol. The van der Waals surface area contributed by atoms with Crippen LogP contribution in [0.25, 0.3) is 0 Å². The Kier molecular flexibility index (Phi) is 7.96. The molecule has 0 aliphatic rings. The summed E-state index contributed by atoms with van der Waals surface area (Å²) < 4.78 is 224. The van der Waals surface area contributed by atoms with Crippen molar-refractivity contribution in [2.45, 2.75) is 36.9 Å². The fourth-order valence-electron chi connectivity index (χ4n) is 1.69. The lowest BCUT2D eigenvalue weighted by molar-refractivity contribution is -0.310. The van der Waals surface area contributed by atoms with Crippen molar-refractivity contribution < 1.29 is 83.7 Å². The SMILES string of the molecule is Fc1c(F)c(F)c(P(OC(C(F)(F)F)C(F)(F)F)OC(C(F)(F)F)C(F)(F)F)c(F)c1F. The minimum atomic E-state index is -6.70. The van der Waals surface area contributed by atoms with Crippen LogP contribution in [0.1, 0.15) is 0 Å². The van der Waals surface area contributed by atoms with E-state index in [-0.39, 0.29) is 0 Å². The Balaban J connectivity index is 3.81. The van der Waals surface area contributed by atoms with Gasteiger partial charge in [0.1, 0.15) is 5.30 Å². The molecule has 0 radical (unpaired) electrons. The highest BCUT2D eigenvalue weighted by molar-refractivity contribution is 7.56. The molecule has 0 amide bonds. The molecule has 0 saturated carbocycles. The van der Waals surface area contributed by atoms with E-state index in [9.17, 15) is 74.6 Å². The number of rotatable bonds is 5. The number of hydrogen-bond donors (Lipinski definition) is 0. The Morgan fingerprint density at radius 1 is 0.438 bits per heavy atom. The lowest BCUT2D eigenvalue weighted by Crippen LogP contribution is -2.47. The first-order chi connectivity index (χ1) is 14.0. The minimum Gasteiger partial charge on any atom is -0.308 e. The van der Waals surface area contributed by atoms with Crippen LogP contribution in [0.3, 0.4) is 0 Å². The molecule has 0 spiro atoms. The highest BCUT2D eigenvalue weighted by atomic mass is 31.2. The molecule has 0 aliphatic heterocycles. The maximum absolute atomic E-state index is 13.8. The van der Waals surface area contributed by atoms with E-state index in [1.165, 1.54) is 0 Å². The highest BCUT2D eigenvalue weighted by Crippen LogP contribution is 2.52. The molecule has 0 saturated heterocycles. The van der Waals surface area contributed by atoms with Crippen molar-refractivity contribution >= 4 is 13.7 Å². The summed E-state index contributed by atoms with van der Waals surface area (Å²) in [6, 6.07) is 0. The molecule has 0 N–H and O–H groups in total. The smallest absolute Gasteiger partial charge is 0.308 e. The monoisotopic (exact) mass is 532 g/mol. The Morgan fingerprint density at radius 3 is 0.875 bits per heavy atom. The molecule has 0 aromatic heterocycles. The second-order valence-electron chi connectivity index (χ2n) is 5.31. The van der Waals surface area contributed by atoms with E-state index in [4.69, 9.17) is 0 Å². The van der Waals surface area contributed by atoms with E-state index in [0.717, 1.165) is 0 Å². The molecule has 2 nitrogen and oxygen atoms in total. The second-order valence-corrected chi connectivity index (χ2v) is 6.70. The average molecular weight is 532 g/mol. The molecule has 32 heavy (non-hydrogen) atoms. The standard InChI is InChI=1S/C12H2F17O2P/c13-1-2(14)4(16)6(5(17)3(1)15)32(30-7(9(18,19)20)10(21,22)23)31-8(11(24,25)26)12(27,28)29/h7-8H. The lowest BCUT2D eigenvalue weighted by atomic mass is 10.3. The van der Waals surface area contributed by atoms with Gasteiger partial charge in [-0.2, -0.15) is 52.7 Å². The van der Waals surface area contributed by atoms with E-state index in [0.29, 0.717) is 0 Å². The van der Waals surface area contributed by atoms with Crippen LogP contribution in [0, 0.1) is 29.1 Å². The molecule has 1 rings (SSSR count). The van der Waals surface area contributed by atoms with Gasteiger partial charge in [-0.05, 0) is 0 Å². The topological polar surface area (TPSA) is 18.5 Å². The van der Waals surface area contributed by atoms with Gasteiger partial charge in [0.25, 0.3) is 12.2 Å². The zero-order valence-corrected chi connectivity index (χ0v) is 14.7. The first-order valence-electron chi connectivity index (χ1n) is 6.93. The van der Waals surface area contributed by atoms with Crippen molar-refractivity contribution in [3.63, 3.8) is 0 Å². The molecule has 186 valence electrons. The maximum Gasteiger partial charge on any atom is 0.424 e. The second kappa shape index (κ2) is 8.96. The summed E-state index contributed by atoms with van der Waals surface area (Å²) >= 11 is 0. The molecular formula is C12H2F17O2P. The molecule has 1 aromatic carbocycles. The van der Waals surface area contributed by atoms with E-state index in [1.54, 1.807) is 0 Å². The van der Waals surface area contributed by atoms with Gasteiger partial charge >= 0.3 is 24.7 Å². The van der Waals surface area contributed by atoms with Crippen molar-refractivity contribution in [3.05, 3.63) is 29.1 Å². The highest BCUT2D eigenvalue weighted by Gasteiger charge is 2.63. The quantitative estimate of drug-likeness (QED) is 0.191. The van der Waals surface area contributed by atoms with Gasteiger partial charge in [0.05, 0.1) is 0 Å². The largest absolute Gasteiger partial charge is 0.424 e. The maximum atomic E-state index is 13.8. The average Bonchev–Trinajstić information content (AvgIpc) is 2.55. The van der Waals surface area contributed by atoms with Crippen molar-refractivity contribution in [2.24, 2.45) is 0 Å². The van der Waals surface area contributed by atoms with Crippen LogP contribution in [0.15, 0.2) is 0 Å². The Hall–Kier alpha value is -1.62. The zero-order valence-electron chi connectivity index (χ0n) is 13.8. The van der Waals surface area contributed by atoms with Gasteiger partial charge in [0.2, 0.25) is 14.2 Å². The minimum absolute atomic E-state index is 2.95. The third-order valence-electron chi connectivity index (χ3n) is 2.96. The van der Waals surface area contributed by atoms with Gasteiger partial charge in [-0.25, -0.2) is 22.0 Å². The third kappa shape index (κ3) is 6.24. The Bertz CT molecular complexity index is 732. The summed E-state index contributed by atoms with van der Waals surface area (Å²) in [5, 5.41) is -3.05. The number of alkyl halides is 12. The summed E-state index contributed by atoms with van der Waals surface area (Å²) in [4.78, 5) is 0. The van der Waals surface area contributed by atoms with Crippen molar-refractivity contribution in [3.8, 4) is 0 Å². The summed E-state index contributed by atoms with van der Waals surface area (Å²) in [5.74, 6) is -16.1. The van der Waals surface area contributed by atoms with Gasteiger partial charge in [0.15, 0.2) is 23.3 Å². The summed E-state index contributed by atoms with van der Waals surface area (Å²) in [5.41, 5.74) is 0. The van der Waals surface area contributed by atoms with Crippen LogP contribution in [0.5, 0.6) is 0 Å². The number of halogens is 17. The van der Waals surface area contributed by atoms with Gasteiger partial charge in [-0.1, -0.05) is 0 Å². The molecule has 0 fully saturated rings. The Morgan fingerprint density at radius 2 is 0.656 bits per heavy atom. The summed E-state index contributed by atoms with van der Waals surface area (Å²) in [6.45, 7) is 0. The van der Waals surface area contributed by atoms with E-state index < -0.39 is 79.7 Å². The van der Waals surface area contributed by atoms with Crippen LogP contribution in [0.4, 0.5) is 74.6 Å². The molecule has 0 heterocycles. The van der Waals surface area contributed by atoms with E-state index >= 15 is 0 Å². The molecule has 0 atom stereocenters. The molecule has 1 aromatic rings. The first-order valence-corrected chi connectivity index (χ1v) is 8.11. The lowest BCUT2D eigenvalue weighted by Gasteiger charge is -2.31. The summed E-state index contributed by atoms with van der Waals surface area (Å²) in [6.07, 6.45) is -37.5. The van der Waals surface area contributed by atoms with Crippen molar-refractivity contribution in [1.82, 2.24) is 0 Å². The van der Waals surface area contributed by atoms with Crippen LogP contribution < -0.4 is 5.30 Å². The van der Waals surface area contributed by atoms with Crippen LogP contribution in [-0.2, 0) is 9.05 Å². The zero-order chi connectivity index (χ0) is 25.6. The van der Waals surface area contributed by atoms with Crippen molar-refractivity contribution in [2.75, 3.05) is 0 Å². The van der Waals surface area contributed by atoms with Crippen molar-refractivity contribution in [1.29, 1.82) is 0 Å². The molecular weight excluding hydrogens is 530 g/mol. The van der Waals surface area contributed by atoms with Crippen LogP contribution >= 0.6 is 8.38 Å². The molecule has 0 bridgehead atoms. The fraction of sp³-hybridized carbons (Fsp3) is 0.500. The van der Waals surface area contributed by atoms with Gasteiger partial charge < -0.3 is 9.05 Å². The van der Waals surface area contributed by atoms with E-state index in [2.05, 4.69) is 9.05 Å². The van der Waals surface area contributed by atoms with E-state index in [1.807, 2.05) is 0 Å². The number of benzene rings is 1. The van der Waals surface area contributed by atoms with Gasteiger partial charge in [-0.15, -0.1) is 0 Å². The predicted octanol–water partition coefficient (Wildman–Crippen LogP) is 6.34. The normalized spacial score (nSPS) is 14.2. The third-order valence-corrected chi connectivity index (χ3v) is 4.52. The van der Waals surface area contributed by atoms with Gasteiger partial charge in [0, 0.05) is 0 Å². The molecule has 0 aliphatic carbocycles. The summed E-state index contributed by atoms with van der Waals surface area (Å²) in [7, 11) is -5.55. The van der Waals surface area contributed by atoms with Gasteiger partial charge in [-0.3, -0.25) is 0 Å². The number of hydrogen-bond acceptors (Lipinski definition) is 2. The molecule has 0 unspecified atom stereocenters.